The van der Waals surface area contributed by atoms with Gasteiger partial charge in [-0.05, 0) is 26.0 Å². The van der Waals surface area contributed by atoms with Crippen LogP contribution in [0.4, 0.5) is 5.69 Å². The van der Waals surface area contributed by atoms with Gasteiger partial charge in [0.1, 0.15) is 0 Å². The average Bonchev–Trinajstić information content (AvgIpc) is 2.95. The van der Waals surface area contributed by atoms with Crippen LogP contribution in [0.15, 0.2) is 30.3 Å². The van der Waals surface area contributed by atoms with Crippen molar-refractivity contribution in [2.45, 2.75) is 20.4 Å². The van der Waals surface area contributed by atoms with Crippen molar-refractivity contribution in [1.29, 1.82) is 0 Å². The lowest BCUT2D eigenvalue weighted by atomic mass is 10.2. The molecular formula is C15H14N6O3. The van der Waals surface area contributed by atoms with Crippen LogP contribution in [0.5, 0.6) is 0 Å². The third kappa shape index (κ3) is 2.91. The van der Waals surface area contributed by atoms with Crippen LogP contribution in [-0.2, 0) is 6.54 Å². The van der Waals surface area contributed by atoms with Crippen molar-refractivity contribution in [3.63, 3.8) is 0 Å². The van der Waals surface area contributed by atoms with Gasteiger partial charge in [-0.15, -0.1) is 10.2 Å². The average molecular weight is 326 g/mol. The highest BCUT2D eigenvalue weighted by Gasteiger charge is 2.14. The molecule has 1 amide bonds. The summed E-state index contributed by atoms with van der Waals surface area (Å²) < 4.78 is 1.75. The number of fused-ring (bicyclic) bond motifs is 1. The Balaban J connectivity index is 1.80. The number of nitrogens with zero attached hydrogens (tertiary/aromatic N) is 5. The number of rotatable bonds is 4. The zero-order valence-corrected chi connectivity index (χ0v) is 13.1. The predicted molar refractivity (Wildman–Crippen MR) is 84.5 cm³/mol. The molecule has 0 aliphatic heterocycles. The highest BCUT2D eigenvalue weighted by atomic mass is 16.6. The first kappa shape index (κ1) is 15.5. The summed E-state index contributed by atoms with van der Waals surface area (Å²) in [5, 5.41) is 21.5. The Labute approximate surface area is 136 Å². The van der Waals surface area contributed by atoms with Crippen molar-refractivity contribution in [2.24, 2.45) is 0 Å². The van der Waals surface area contributed by atoms with E-state index in [-0.39, 0.29) is 17.8 Å². The number of non-ortho nitro benzene ring substituents is 1. The van der Waals surface area contributed by atoms with E-state index >= 15 is 0 Å². The standard InChI is InChI=1S/C15H14N6O3/c1-9-6-10(2)20-13(18-19-15(20)17-9)8-16-14(22)11-4-3-5-12(7-11)21(23)24/h3-7H,8H2,1-2H3,(H,16,22). The van der Waals surface area contributed by atoms with Gasteiger partial charge in [0.25, 0.3) is 17.4 Å². The van der Waals surface area contributed by atoms with Gasteiger partial charge in [0.05, 0.1) is 11.5 Å². The van der Waals surface area contributed by atoms with Crippen LogP contribution in [0, 0.1) is 24.0 Å². The van der Waals surface area contributed by atoms with E-state index in [1.165, 1.54) is 24.3 Å². The second kappa shape index (κ2) is 6.03. The van der Waals surface area contributed by atoms with Gasteiger partial charge in [0.2, 0.25) is 0 Å². The summed E-state index contributed by atoms with van der Waals surface area (Å²) in [7, 11) is 0. The van der Waals surface area contributed by atoms with Crippen LogP contribution >= 0.6 is 0 Å². The van der Waals surface area contributed by atoms with Crippen LogP contribution in [0.3, 0.4) is 0 Å². The third-order valence-corrected chi connectivity index (χ3v) is 3.49. The lowest BCUT2D eigenvalue weighted by Gasteiger charge is -2.06. The van der Waals surface area contributed by atoms with Gasteiger partial charge >= 0.3 is 0 Å². The molecule has 1 aromatic carbocycles. The smallest absolute Gasteiger partial charge is 0.270 e. The van der Waals surface area contributed by atoms with Gasteiger partial charge in [-0.25, -0.2) is 4.98 Å². The number of hydrogen-bond donors (Lipinski definition) is 1. The number of aryl methyl sites for hydroxylation is 2. The molecule has 0 saturated carbocycles. The Hall–Kier alpha value is -3.36. The van der Waals surface area contributed by atoms with E-state index in [0.717, 1.165) is 11.4 Å². The third-order valence-electron chi connectivity index (χ3n) is 3.49. The molecular weight excluding hydrogens is 312 g/mol. The van der Waals surface area contributed by atoms with E-state index in [1.807, 2.05) is 19.9 Å². The molecule has 0 radical (unpaired) electrons. The molecule has 9 nitrogen and oxygen atoms in total. The molecule has 0 saturated heterocycles. The van der Waals surface area contributed by atoms with Crippen molar-refractivity contribution in [3.8, 4) is 0 Å². The second-order valence-electron chi connectivity index (χ2n) is 5.28. The van der Waals surface area contributed by atoms with Crippen molar-refractivity contribution >= 4 is 17.4 Å². The molecule has 0 aliphatic rings. The molecule has 24 heavy (non-hydrogen) atoms. The Kier molecular flexibility index (Phi) is 3.90. The summed E-state index contributed by atoms with van der Waals surface area (Å²) in [6.07, 6.45) is 0. The fourth-order valence-corrected chi connectivity index (χ4v) is 2.43. The maximum absolute atomic E-state index is 12.2. The molecule has 2 aromatic heterocycles. The van der Waals surface area contributed by atoms with Crippen molar-refractivity contribution in [2.75, 3.05) is 0 Å². The fraction of sp³-hybridized carbons (Fsp3) is 0.200. The molecule has 3 aromatic rings. The summed E-state index contributed by atoms with van der Waals surface area (Å²) in [5.74, 6) is 0.578. The summed E-state index contributed by atoms with van der Waals surface area (Å²) in [4.78, 5) is 26.7. The normalized spacial score (nSPS) is 10.8. The number of benzene rings is 1. The quantitative estimate of drug-likeness (QED) is 0.575. The Morgan fingerprint density at radius 3 is 2.83 bits per heavy atom. The molecule has 0 bridgehead atoms. The minimum absolute atomic E-state index is 0.133. The number of nitrogens with one attached hydrogen (secondary N) is 1. The summed E-state index contributed by atoms with van der Waals surface area (Å²) in [6.45, 7) is 3.90. The fourth-order valence-electron chi connectivity index (χ4n) is 2.43. The number of carbonyl (C=O) groups is 1. The summed E-state index contributed by atoms with van der Waals surface area (Å²) in [5.41, 5.74) is 1.82. The van der Waals surface area contributed by atoms with E-state index in [4.69, 9.17) is 0 Å². The lowest BCUT2D eigenvalue weighted by molar-refractivity contribution is -0.384. The topological polar surface area (TPSA) is 115 Å². The Morgan fingerprint density at radius 2 is 2.08 bits per heavy atom. The molecule has 122 valence electrons. The summed E-state index contributed by atoms with van der Waals surface area (Å²) >= 11 is 0. The SMILES string of the molecule is Cc1cc(C)n2c(CNC(=O)c3cccc([N+](=O)[O-])c3)nnc2n1. The first-order chi connectivity index (χ1) is 11.5. The van der Waals surface area contributed by atoms with E-state index in [2.05, 4.69) is 20.5 Å². The molecule has 0 aliphatic carbocycles. The van der Waals surface area contributed by atoms with Gasteiger partial charge in [-0.2, -0.15) is 0 Å². The lowest BCUT2D eigenvalue weighted by Crippen LogP contribution is -2.24. The minimum Gasteiger partial charge on any atom is -0.345 e. The van der Waals surface area contributed by atoms with Crippen LogP contribution < -0.4 is 5.32 Å². The number of hydrogen-bond acceptors (Lipinski definition) is 6. The van der Waals surface area contributed by atoms with E-state index in [1.54, 1.807) is 4.40 Å². The molecule has 0 atom stereocenters. The highest BCUT2D eigenvalue weighted by Crippen LogP contribution is 2.13. The number of aromatic nitrogens is 4. The first-order valence-electron chi connectivity index (χ1n) is 7.16. The second-order valence-corrected chi connectivity index (χ2v) is 5.28. The Morgan fingerprint density at radius 1 is 1.29 bits per heavy atom. The van der Waals surface area contributed by atoms with Crippen LogP contribution in [-0.4, -0.2) is 30.4 Å². The molecule has 3 rings (SSSR count). The van der Waals surface area contributed by atoms with E-state index in [0.29, 0.717) is 11.6 Å². The van der Waals surface area contributed by atoms with Crippen LogP contribution in [0.25, 0.3) is 5.78 Å². The number of nitro benzene ring substituents is 1. The van der Waals surface area contributed by atoms with Gasteiger partial charge in [0.15, 0.2) is 5.82 Å². The van der Waals surface area contributed by atoms with Crippen LogP contribution in [0.1, 0.15) is 27.6 Å². The maximum atomic E-state index is 12.2. The van der Waals surface area contributed by atoms with Gasteiger partial charge in [-0.3, -0.25) is 19.3 Å². The Bertz CT molecular complexity index is 950. The molecule has 2 heterocycles. The van der Waals surface area contributed by atoms with Gasteiger partial charge in [-0.1, -0.05) is 6.07 Å². The molecule has 1 N–H and O–H groups in total. The largest absolute Gasteiger partial charge is 0.345 e. The van der Waals surface area contributed by atoms with Gasteiger partial charge < -0.3 is 5.32 Å². The highest BCUT2D eigenvalue weighted by molar-refractivity contribution is 5.94. The molecule has 9 heteroatoms. The molecule has 0 spiro atoms. The first-order valence-corrected chi connectivity index (χ1v) is 7.16. The predicted octanol–water partition coefficient (Wildman–Crippen LogP) is 1.58. The zero-order chi connectivity index (χ0) is 17.3. The number of amides is 1. The van der Waals surface area contributed by atoms with Crippen molar-refractivity contribution < 1.29 is 9.72 Å². The molecule has 0 fully saturated rings. The van der Waals surface area contributed by atoms with E-state index < -0.39 is 10.8 Å². The monoisotopic (exact) mass is 326 g/mol. The zero-order valence-electron chi connectivity index (χ0n) is 13.1. The summed E-state index contributed by atoms with van der Waals surface area (Å²) in [6, 6.07) is 7.44. The maximum Gasteiger partial charge on any atom is 0.270 e. The van der Waals surface area contributed by atoms with Gasteiger partial charge in [0, 0.05) is 29.1 Å². The molecule has 0 unspecified atom stereocenters. The van der Waals surface area contributed by atoms with Crippen molar-refractivity contribution in [1.82, 2.24) is 24.9 Å². The van der Waals surface area contributed by atoms with Crippen LogP contribution in [0.2, 0.25) is 0 Å². The van der Waals surface area contributed by atoms with Crippen molar-refractivity contribution in [3.05, 3.63) is 63.2 Å². The minimum atomic E-state index is -0.541. The number of nitro groups is 1. The number of carbonyl (C=O) groups excluding carboxylic acids is 1. The van der Waals surface area contributed by atoms with E-state index in [9.17, 15) is 14.9 Å².